The first-order chi connectivity index (χ1) is 11.4. The van der Waals surface area contributed by atoms with Crippen LogP contribution in [0, 0.1) is 5.92 Å². The minimum absolute atomic E-state index is 0.648. The Hall–Kier alpha value is -0.660. The first-order valence-electron chi connectivity index (χ1n) is 6.72. The SMILES string of the molecule is O=C1C=CC([C@@H]2O[C@H](CO[P+](O)(O)O[P+](O)(O)O)[C@H](O)C2O)C(=O)N1. The number of aliphatic hydroxyl groups excluding tert-OH is 2. The largest absolute Gasteiger partial charge is 0.620 e. The summed E-state index contributed by atoms with van der Waals surface area (Å²) in [5.74, 6) is -2.49. The number of ether oxygens (including phenoxy) is 1. The maximum absolute atomic E-state index is 11.8. The van der Waals surface area contributed by atoms with E-state index in [1.807, 2.05) is 5.32 Å². The molecule has 1 fully saturated rings. The highest BCUT2D eigenvalue weighted by Crippen LogP contribution is 2.67. The van der Waals surface area contributed by atoms with Crippen LogP contribution in [0.15, 0.2) is 12.2 Å². The molecule has 0 aromatic carbocycles. The van der Waals surface area contributed by atoms with Gasteiger partial charge in [0.1, 0.15) is 31.0 Å². The summed E-state index contributed by atoms with van der Waals surface area (Å²) in [5.41, 5.74) is 0. The van der Waals surface area contributed by atoms with Crippen LogP contribution >= 0.6 is 16.3 Å². The molecule has 2 aliphatic heterocycles. The van der Waals surface area contributed by atoms with E-state index in [0.29, 0.717) is 0 Å². The van der Waals surface area contributed by atoms with E-state index in [2.05, 4.69) is 8.83 Å². The van der Waals surface area contributed by atoms with Crippen molar-refractivity contribution in [2.75, 3.05) is 6.61 Å². The number of amides is 2. The van der Waals surface area contributed by atoms with Crippen LogP contribution in [0.3, 0.4) is 0 Å². The molecule has 0 radical (unpaired) electrons. The molecular weight excluding hydrogens is 388 g/mol. The second kappa shape index (κ2) is 7.53. The van der Waals surface area contributed by atoms with Crippen molar-refractivity contribution in [1.82, 2.24) is 5.32 Å². The summed E-state index contributed by atoms with van der Waals surface area (Å²) in [6.45, 7) is -0.785. The summed E-state index contributed by atoms with van der Waals surface area (Å²) in [7, 11) is -9.84. The molecule has 0 aliphatic carbocycles. The van der Waals surface area contributed by atoms with Crippen LogP contribution < -0.4 is 5.32 Å². The number of hydrogen-bond donors (Lipinski definition) is 8. The highest BCUT2D eigenvalue weighted by atomic mass is 31.3. The minimum Gasteiger partial charge on any atom is -0.388 e. The molecule has 1 saturated heterocycles. The Morgan fingerprint density at radius 2 is 1.76 bits per heavy atom. The molecule has 13 nitrogen and oxygen atoms in total. The lowest BCUT2D eigenvalue weighted by Gasteiger charge is -2.23. The lowest BCUT2D eigenvalue weighted by Crippen LogP contribution is -2.46. The van der Waals surface area contributed by atoms with Crippen LogP contribution in [-0.2, 0) is 23.2 Å². The summed E-state index contributed by atoms with van der Waals surface area (Å²) in [5, 5.41) is 21.9. The number of rotatable bonds is 6. The highest BCUT2D eigenvalue weighted by Gasteiger charge is 2.59. The van der Waals surface area contributed by atoms with Crippen molar-refractivity contribution < 1.29 is 57.8 Å². The van der Waals surface area contributed by atoms with E-state index in [4.69, 9.17) is 19.4 Å². The Labute approximate surface area is 141 Å². The molecule has 0 saturated carbocycles. The number of imide groups is 1. The topological polar surface area (TPSA) is 215 Å². The Kier molecular flexibility index (Phi) is 6.22. The van der Waals surface area contributed by atoms with E-state index in [1.165, 1.54) is 6.08 Å². The second-order valence-electron chi connectivity index (χ2n) is 5.24. The van der Waals surface area contributed by atoms with Gasteiger partial charge in [-0.2, -0.15) is 24.5 Å². The van der Waals surface area contributed by atoms with Gasteiger partial charge < -0.3 is 14.9 Å². The van der Waals surface area contributed by atoms with Gasteiger partial charge >= 0.3 is 16.3 Å². The van der Waals surface area contributed by atoms with Crippen molar-refractivity contribution in [3.05, 3.63) is 12.2 Å². The standard InChI is InChI=1S/C10H16NO12P2/c12-6-2-1-4(10(15)11-6)9-8(14)7(13)5(22-9)3-21-25(19,20)23-24(16,17)18/h1-2,4-5,7-9,13-14,16-20H,3H2/q+1/p+1/t4?,5-,7+,8?,9+/m1/s1. The van der Waals surface area contributed by atoms with Crippen LogP contribution in [0.5, 0.6) is 0 Å². The normalized spacial score (nSPS) is 33.6. The summed E-state index contributed by atoms with van der Waals surface area (Å²) in [6, 6.07) is 0. The van der Waals surface area contributed by atoms with Gasteiger partial charge in [0, 0.05) is 6.08 Å². The van der Waals surface area contributed by atoms with E-state index in [9.17, 15) is 29.6 Å². The predicted octanol–water partition coefficient (Wildman–Crippen LogP) is -3.35. The maximum Gasteiger partial charge on any atom is 0.620 e. The Bertz CT molecular complexity index is 563. The molecular formula is C10H17NO12P2+2. The molecule has 0 aromatic rings. The van der Waals surface area contributed by atoms with Crippen molar-refractivity contribution in [3.8, 4) is 0 Å². The molecule has 25 heavy (non-hydrogen) atoms. The van der Waals surface area contributed by atoms with E-state index in [1.54, 1.807) is 0 Å². The average Bonchev–Trinajstić information content (AvgIpc) is 2.71. The molecule has 2 aliphatic rings. The van der Waals surface area contributed by atoms with Gasteiger partial charge in [-0.1, -0.05) is 6.08 Å². The van der Waals surface area contributed by atoms with E-state index >= 15 is 0 Å². The van der Waals surface area contributed by atoms with E-state index < -0.39 is 65.1 Å². The number of carbonyl (C=O) groups is 2. The minimum atomic E-state index is -5.00. The molecule has 2 unspecified atom stereocenters. The highest BCUT2D eigenvalue weighted by molar-refractivity contribution is 7.67. The van der Waals surface area contributed by atoms with Crippen LogP contribution in [0.25, 0.3) is 0 Å². The zero-order chi connectivity index (χ0) is 19.0. The second-order valence-corrected chi connectivity index (χ2v) is 8.16. The summed E-state index contributed by atoms with van der Waals surface area (Å²) in [4.78, 5) is 67.3. The first-order valence-corrected chi connectivity index (χ1v) is 9.81. The third kappa shape index (κ3) is 5.41. The smallest absolute Gasteiger partial charge is 0.388 e. The fraction of sp³-hybridized carbons (Fsp3) is 0.600. The molecule has 2 amide bonds. The molecule has 2 heterocycles. The van der Waals surface area contributed by atoms with E-state index in [0.717, 1.165) is 6.08 Å². The fourth-order valence-electron chi connectivity index (χ4n) is 2.33. The summed E-state index contributed by atoms with van der Waals surface area (Å²) in [6.07, 6.45) is -3.51. The fourth-order valence-corrected chi connectivity index (χ4v) is 4.00. The van der Waals surface area contributed by atoms with Gasteiger partial charge in [-0.3, -0.25) is 14.9 Å². The van der Waals surface area contributed by atoms with Crippen molar-refractivity contribution in [3.63, 3.8) is 0 Å². The molecule has 142 valence electrons. The Balaban J connectivity index is 1.99. The Morgan fingerprint density at radius 1 is 1.12 bits per heavy atom. The van der Waals surface area contributed by atoms with Crippen molar-refractivity contribution in [2.24, 2.45) is 5.92 Å². The van der Waals surface area contributed by atoms with E-state index in [-0.39, 0.29) is 0 Å². The van der Waals surface area contributed by atoms with Gasteiger partial charge in [0.05, 0.1) is 10.2 Å². The van der Waals surface area contributed by atoms with Crippen molar-refractivity contribution in [2.45, 2.75) is 24.4 Å². The third-order valence-electron chi connectivity index (χ3n) is 3.38. The molecule has 0 spiro atoms. The van der Waals surface area contributed by atoms with Crippen molar-refractivity contribution in [1.29, 1.82) is 0 Å². The van der Waals surface area contributed by atoms with Crippen LogP contribution in [0.1, 0.15) is 0 Å². The van der Waals surface area contributed by atoms with Gasteiger partial charge in [0.15, 0.2) is 0 Å². The van der Waals surface area contributed by atoms with Gasteiger partial charge in [0.25, 0.3) is 0 Å². The number of nitrogens with one attached hydrogen (secondary N) is 1. The zero-order valence-electron chi connectivity index (χ0n) is 12.3. The van der Waals surface area contributed by atoms with Crippen molar-refractivity contribution >= 4 is 28.2 Å². The molecule has 15 heteroatoms. The monoisotopic (exact) mass is 405 g/mol. The van der Waals surface area contributed by atoms with Gasteiger partial charge in [-0.15, -0.1) is 4.52 Å². The van der Waals surface area contributed by atoms with Gasteiger partial charge in [-0.05, 0) is 0 Å². The molecule has 2 rings (SSSR count). The number of hydrogen-bond acceptors (Lipinski definition) is 12. The quantitative estimate of drug-likeness (QED) is 0.161. The van der Waals surface area contributed by atoms with Crippen LogP contribution in [0.2, 0.25) is 0 Å². The Morgan fingerprint density at radius 3 is 2.32 bits per heavy atom. The van der Waals surface area contributed by atoms with Gasteiger partial charge in [0.2, 0.25) is 11.8 Å². The lowest BCUT2D eigenvalue weighted by molar-refractivity contribution is -0.135. The predicted molar refractivity (Wildman–Crippen MR) is 78.4 cm³/mol. The van der Waals surface area contributed by atoms with Crippen LogP contribution in [-0.4, -0.2) is 77.5 Å². The number of aliphatic hydroxyl groups is 2. The molecule has 5 atom stereocenters. The number of carbonyl (C=O) groups excluding carboxylic acids is 2. The third-order valence-corrected chi connectivity index (χ3v) is 5.59. The molecule has 8 N–H and O–H groups in total. The summed E-state index contributed by atoms with van der Waals surface area (Å²) < 4.78 is 13.5. The maximum atomic E-state index is 11.8. The lowest BCUT2D eigenvalue weighted by atomic mass is 9.93. The van der Waals surface area contributed by atoms with Crippen LogP contribution in [0.4, 0.5) is 0 Å². The zero-order valence-corrected chi connectivity index (χ0v) is 14.1. The molecule has 0 bridgehead atoms. The average molecular weight is 405 g/mol. The van der Waals surface area contributed by atoms with Gasteiger partial charge in [-0.25, -0.2) is 0 Å². The molecule has 0 aromatic heterocycles. The summed E-state index contributed by atoms with van der Waals surface area (Å²) >= 11 is 0. The first kappa shape index (κ1) is 20.6.